The molecular weight excluding hydrogens is 552 g/mol. The van der Waals surface area contributed by atoms with Gasteiger partial charge >= 0.3 is 0 Å². The van der Waals surface area contributed by atoms with E-state index in [0.29, 0.717) is 11.8 Å². The van der Waals surface area contributed by atoms with Gasteiger partial charge < -0.3 is 19.3 Å². The third kappa shape index (κ3) is 4.58. The molecule has 3 aliphatic rings. The van der Waals surface area contributed by atoms with Crippen molar-refractivity contribution in [1.29, 1.82) is 0 Å². The Kier molecular flexibility index (Phi) is 6.09. The molecule has 9 rings (SSSR count). The minimum Gasteiger partial charge on any atom is -0.450 e. The van der Waals surface area contributed by atoms with Gasteiger partial charge in [-0.1, -0.05) is 12.1 Å². The molecule has 2 saturated heterocycles. The predicted octanol–water partition coefficient (Wildman–Crippen LogP) is 6.17. The molecule has 2 aromatic carbocycles. The van der Waals surface area contributed by atoms with E-state index in [0.717, 1.165) is 113 Å². The number of H-pyrrole nitrogens is 2. The average Bonchev–Trinajstić information content (AvgIpc) is 3.73. The summed E-state index contributed by atoms with van der Waals surface area (Å²) >= 11 is 0. The van der Waals surface area contributed by atoms with E-state index in [-0.39, 0.29) is 0 Å². The minimum absolute atomic E-state index is 0.662. The molecule has 2 N–H and O–H groups in total. The summed E-state index contributed by atoms with van der Waals surface area (Å²) in [4.78, 5) is 14.8. The van der Waals surface area contributed by atoms with Crippen molar-refractivity contribution in [1.82, 2.24) is 35.3 Å². The number of nitrogens with zero attached hydrogens (tertiary/aromatic N) is 6. The van der Waals surface area contributed by atoms with Crippen molar-refractivity contribution in [3.05, 3.63) is 73.3 Å². The maximum atomic E-state index is 6.60. The van der Waals surface area contributed by atoms with Crippen molar-refractivity contribution in [3.8, 4) is 33.8 Å². The van der Waals surface area contributed by atoms with Crippen LogP contribution in [0.15, 0.2) is 73.3 Å². The van der Waals surface area contributed by atoms with E-state index in [4.69, 9.17) is 19.4 Å². The van der Waals surface area contributed by atoms with E-state index in [1.807, 2.05) is 36.9 Å². The lowest BCUT2D eigenvalue weighted by atomic mass is 9.88. The number of pyridine rings is 2. The lowest BCUT2D eigenvalue weighted by molar-refractivity contribution is -0.0403. The molecule has 44 heavy (non-hydrogen) atoms. The number of rotatable bonds is 6. The number of aromatic nitrogens is 6. The average molecular weight is 585 g/mol. The summed E-state index contributed by atoms with van der Waals surface area (Å²) in [6.07, 6.45) is 9.86. The molecule has 0 amide bonds. The van der Waals surface area contributed by atoms with Gasteiger partial charge in [0.05, 0.1) is 36.6 Å². The molecule has 3 aliphatic heterocycles. The molecule has 2 bridgehead atoms. The van der Waals surface area contributed by atoms with Crippen LogP contribution in [0.25, 0.3) is 44.1 Å². The molecule has 0 saturated carbocycles. The molecule has 10 heteroatoms. The fraction of sp³-hybridized carbons (Fsp3) is 0.294. The molecule has 6 aromatic rings. The van der Waals surface area contributed by atoms with Gasteiger partial charge in [-0.2, -0.15) is 10.2 Å². The van der Waals surface area contributed by atoms with Crippen LogP contribution in [0.3, 0.4) is 0 Å². The third-order valence-corrected chi connectivity index (χ3v) is 9.21. The largest absolute Gasteiger partial charge is 0.450 e. The molecule has 2 atom stereocenters. The highest BCUT2D eigenvalue weighted by Gasteiger charge is 2.32. The van der Waals surface area contributed by atoms with Gasteiger partial charge in [0.2, 0.25) is 0 Å². The van der Waals surface area contributed by atoms with Crippen LogP contribution in [0.2, 0.25) is 0 Å². The van der Waals surface area contributed by atoms with Crippen LogP contribution in [0, 0.1) is 11.8 Å². The standard InChI is InChI=1S/C34H32N8O2/c1(6-41-17-21-8-22(18-41)20-43-19-21)7-42-33-31(11-25(13-35-33)23-2-4-29-27(9-23)15-37-39-29)44-32-12-26(14-36-34(32)42)24-3-5-30-28(10-24)16-38-40-30/h2-5,9-16,21-22H,1,6-8,17-20H2,(H,37,39)(H,38,40). The Bertz CT molecular complexity index is 1860. The second-order valence-corrected chi connectivity index (χ2v) is 12.3. The normalized spacial score (nSPS) is 19.6. The molecule has 0 spiro atoms. The van der Waals surface area contributed by atoms with Gasteiger partial charge in [0.15, 0.2) is 23.1 Å². The minimum atomic E-state index is 0.662. The van der Waals surface area contributed by atoms with Gasteiger partial charge in [0.25, 0.3) is 0 Å². The number of anilines is 2. The molecule has 220 valence electrons. The summed E-state index contributed by atoms with van der Waals surface area (Å²) < 4.78 is 12.4. The lowest BCUT2D eigenvalue weighted by Gasteiger charge is -2.41. The van der Waals surface area contributed by atoms with Gasteiger partial charge in [-0.15, -0.1) is 0 Å². The predicted molar refractivity (Wildman–Crippen MR) is 169 cm³/mol. The van der Waals surface area contributed by atoms with Crippen LogP contribution < -0.4 is 9.64 Å². The van der Waals surface area contributed by atoms with Crippen molar-refractivity contribution >= 4 is 33.4 Å². The first-order valence-electron chi connectivity index (χ1n) is 15.4. The third-order valence-electron chi connectivity index (χ3n) is 9.21. The summed E-state index contributed by atoms with van der Waals surface area (Å²) in [7, 11) is 0. The molecule has 0 radical (unpaired) electrons. The number of aromatic amines is 2. The molecule has 10 nitrogen and oxygen atoms in total. The number of benzene rings is 2. The van der Waals surface area contributed by atoms with E-state index in [1.54, 1.807) is 0 Å². The highest BCUT2D eigenvalue weighted by atomic mass is 16.5. The summed E-state index contributed by atoms with van der Waals surface area (Å²) in [6.45, 7) is 5.89. The van der Waals surface area contributed by atoms with Gasteiger partial charge in [-0.05, 0) is 78.7 Å². The number of hydrogen-bond donors (Lipinski definition) is 2. The molecule has 2 fully saturated rings. The van der Waals surface area contributed by atoms with E-state index in [1.165, 1.54) is 6.42 Å². The van der Waals surface area contributed by atoms with Crippen LogP contribution in [0.5, 0.6) is 11.5 Å². The summed E-state index contributed by atoms with van der Waals surface area (Å²) in [5, 5.41) is 16.5. The fourth-order valence-corrected chi connectivity index (χ4v) is 7.12. The van der Waals surface area contributed by atoms with Gasteiger partial charge in [-0.25, -0.2) is 9.97 Å². The van der Waals surface area contributed by atoms with Crippen LogP contribution in [-0.2, 0) is 4.74 Å². The fourth-order valence-electron chi connectivity index (χ4n) is 7.12. The van der Waals surface area contributed by atoms with E-state index >= 15 is 0 Å². The summed E-state index contributed by atoms with van der Waals surface area (Å²) in [5.74, 6) is 4.39. The second kappa shape index (κ2) is 10.4. The number of nitrogens with one attached hydrogen (secondary N) is 2. The van der Waals surface area contributed by atoms with E-state index in [2.05, 4.69) is 66.6 Å². The highest BCUT2D eigenvalue weighted by Crippen LogP contribution is 2.47. The van der Waals surface area contributed by atoms with Crippen LogP contribution >= 0.6 is 0 Å². The maximum Gasteiger partial charge on any atom is 0.177 e. The zero-order valence-electron chi connectivity index (χ0n) is 24.2. The Balaban J connectivity index is 1.04. The van der Waals surface area contributed by atoms with Crippen LogP contribution in [0.4, 0.5) is 11.6 Å². The maximum absolute atomic E-state index is 6.60. The van der Waals surface area contributed by atoms with E-state index < -0.39 is 0 Å². The van der Waals surface area contributed by atoms with Gasteiger partial charge in [0, 0.05) is 53.9 Å². The van der Waals surface area contributed by atoms with Crippen molar-refractivity contribution < 1.29 is 9.47 Å². The Labute approximate surface area is 254 Å². The zero-order chi connectivity index (χ0) is 29.0. The number of fused-ring (bicyclic) bond motifs is 6. The van der Waals surface area contributed by atoms with Crippen molar-refractivity contribution in [2.75, 3.05) is 44.3 Å². The summed E-state index contributed by atoms with van der Waals surface area (Å²) in [5.41, 5.74) is 6.13. The van der Waals surface area contributed by atoms with Crippen LogP contribution in [0.1, 0.15) is 12.8 Å². The van der Waals surface area contributed by atoms with Gasteiger partial charge in [0.1, 0.15) is 0 Å². The summed E-state index contributed by atoms with van der Waals surface area (Å²) in [6, 6.07) is 16.7. The zero-order valence-corrected chi connectivity index (χ0v) is 24.2. The monoisotopic (exact) mass is 584 g/mol. The highest BCUT2D eigenvalue weighted by molar-refractivity contribution is 5.86. The van der Waals surface area contributed by atoms with E-state index in [9.17, 15) is 0 Å². The molecule has 2 unspecified atom stereocenters. The first-order chi connectivity index (χ1) is 21.7. The Morgan fingerprint density at radius 3 is 1.86 bits per heavy atom. The molecular formula is C34H32N8O2. The first kappa shape index (κ1) is 25.7. The number of ether oxygens (including phenoxy) is 2. The van der Waals surface area contributed by atoms with Crippen LogP contribution in [-0.4, -0.2) is 74.7 Å². The van der Waals surface area contributed by atoms with Crippen molar-refractivity contribution in [3.63, 3.8) is 0 Å². The first-order valence-corrected chi connectivity index (χ1v) is 15.4. The van der Waals surface area contributed by atoms with Crippen molar-refractivity contribution in [2.24, 2.45) is 11.8 Å². The molecule has 0 aliphatic carbocycles. The van der Waals surface area contributed by atoms with Gasteiger partial charge in [-0.3, -0.25) is 10.2 Å². The Hall–Kier alpha value is -4.80. The quantitative estimate of drug-likeness (QED) is 0.240. The second-order valence-electron chi connectivity index (χ2n) is 12.3. The smallest absolute Gasteiger partial charge is 0.177 e. The number of piperidine rings is 1. The molecule has 4 aromatic heterocycles. The topological polar surface area (TPSA) is 108 Å². The number of likely N-dealkylation sites (tertiary alicyclic amines) is 1. The Morgan fingerprint density at radius 2 is 1.27 bits per heavy atom. The Morgan fingerprint density at radius 1 is 0.682 bits per heavy atom. The SMILES string of the molecule is c1cc2[nH]ncc2cc1-c1cnc2c(c1)Oc1cc(-c3ccc4[nH]ncc4c3)cnc1N2CCCN1CC2COCC(C2)C1. The molecule has 7 heterocycles. The number of hydrogen-bond acceptors (Lipinski definition) is 8. The lowest BCUT2D eigenvalue weighted by Crippen LogP contribution is -2.47. The van der Waals surface area contributed by atoms with Crippen molar-refractivity contribution in [2.45, 2.75) is 12.8 Å².